The summed E-state index contributed by atoms with van der Waals surface area (Å²) < 4.78 is 0. The lowest BCUT2D eigenvalue weighted by molar-refractivity contribution is 0.459. The Labute approximate surface area is 82.9 Å². The van der Waals surface area contributed by atoms with Crippen LogP contribution >= 0.6 is 0 Å². The lowest BCUT2D eigenvalue weighted by Crippen LogP contribution is -2.23. The van der Waals surface area contributed by atoms with Crippen LogP contribution in [0.3, 0.4) is 0 Å². The summed E-state index contributed by atoms with van der Waals surface area (Å²) in [6, 6.07) is 0. The van der Waals surface area contributed by atoms with Crippen molar-refractivity contribution < 1.29 is 0 Å². The second-order valence-corrected chi connectivity index (χ2v) is 3.45. The van der Waals surface area contributed by atoms with Crippen LogP contribution in [-0.4, -0.2) is 32.4 Å². The zero-order valence-corrected chi connectivity index (χ0v) is 8.55. The third-order valence-corrected chi connectivity index (χ3v) is 1.87. The smallest absolute Gasteiger partial charge is 0.182 e. The Hall–Kier alpha value is -0.535. The van der Waals surface area contributed by atoms with Crippen molar-refractivity contribution in [3.05, 3.63) is 24.3 Å². The van der Waals surface area contributed by atoms with Crippen LogP contribution in [0, 0.1) is 0 Å². The van der Waals surface area contributed by atoms with E-state index in [4.69, 9.17) is 13.7 Å². The van der Waals surface area contributed by atoms with Gasteiger partial charge in [-0.3, -0.25) is 0 Å². The summed E-state index contributed by atoms with van der Waals surface area (Å²) in [4.78, 5) is 1.79. The van der Waals surface area contributed by atoms with Gasteiger partial charge in [0.05, 0.1) is 0 Å². The highest BCUT2D eigenvalue weighted by Crippen LogP contribution is 2.00. The van der Waals surface area contributed by atoms with Crippen LogP contribution in [0.1, 0.15) is 19.8 Å². The standard InChI is InChI=1S/C10H19BN2/c1-9(2)4-6-13(11)7-5-10(3)8-12/h1,3-8,12H2,2H3. The fourth-order valence-corrected chi connectivity index (χ4v) is 0.850. The Balaban J connectivity index is 3.45. The molecule has 0 aromatic heterocycles. The number of nitrogens with zero attached hydrogens (tertiary/aromatic N) is 1. The van der Waals surface area contributed by atoms with Crippen molar-refractivity contribution in [2.75, 3.05) is 19.6 Å². The van der Waals surface area contributed by atoms with Crippen molar-refractivity contribution in [1.29, 1.82) is 0 Å². The molecule has 0 aromatic carbocycles. The molecule has 0 atom stereocenters. The maximum absolute atomic E-state index is 5.74. The molecule has 0 aliphatic rings. The van der Waals surface area contributed by atoms with Gasteiger partial charge in [-0.1, -0.05) is 17.7 Å². The summed E-state index contributed by atoms with van der Waals surface area (Å²) >= 11 is 0. The number of rotatable bonds is 7. The van der Waals surface area contributed by atoms with E-state index >= 15 is 0 Å². The van der Waals surface area contributed by atoms with Gasteiger partial charge in [0.15, 0.2) is 7.98 Å². The quantitative estimate of drug-likeness (QED) is 0.469. The molecule has 13 heavy (non-hydrogen) atoms. The fraction of sp³-hybridized carbons (Fsp3) is 0.600. The van der Waals surface area contributed by atoms with Gasteiger partial charge in [-0.25, -0.2) is 0 Å². The van der Waals surface area contributed by atoms with Gasteiger partial charge in [-0.05, 0) is 32.9 Å². The predicted octanol–water partition coefficient (Wildman–Crippen LogP) is 1.24. The average Bonchev–Trinajstić information content (AvgIpc) is 2.10. The number of nitrogens with two attached hydrogens (primary N) is 1. The summed E-state index contributed by atoms with van der Waals surface area (Å²) in [5, 5.41) is 0. The molecule has 2 radical (unpaired) electrons. The van der Waals surface area contributed by atoms with Crippen molar-refractivity contribution >= 4 is 7.98 Å². The fourth-order valence-electron chi connectivity index (χ4n) is 0.850. The molecule has 0 spiro atoms. The van der Waals surface area contributed by atoms with Crippen LogP contribution in [0.4, 0.5) is 0 Å². The zero-order valence-electron chi connectivity index (χ0n) is 8.55. The van der Waals surface area contributed by atoms with Gasteiger partial charge in [-0.15, -0.1) is 6.58 Å². The molecule has 0 saturated carbocycles. The Morgan fingerprint density at radius 2 is 1.85 bits per heavy atom. The normalized spacial score (nSPS) is 10.4. The van der Waals surface area contributed by atoms with E-state index in [1.165, 1.54) is 0 Å². The number of hydrogen-bond acceptors (Lipinski definition) is 2. The monoisotopic (exact) mass is 178 g/mol. The predicted molar refractivity (Wildman–Crippen MR) is 59.6 cm³/mol. The van der Waals surface area contributed by atoms with E-state index in [9.17, 15) is 0 Å². The average molecular weight is 178 g/mol. The van der Waals surface area contributed by atoms with Gasteiger partial charge in [0.1, 0.15) is 0 Å². The second-order valence-electron chi connectivity index (χ2n) is 3.45. The van der Waals surface area contributed by atoms with Crippen LogP contribution in [0.25, 0.3) is 0 Å². The molecular formula is C10H19BN2. The first-order chi connectivity index (χ1) is 6.06. The van der Waals surface area contributed by atoms with Gasteiger partial charge in [0.2, 0.25) is 0 Å². The SMILES string of the molecule is [B]N(CCC(=C)C)CCC(=C)CN. The number of hydrogen-bond donors (Lipinski definition) is 1. The van der Waals surface area contributed by atoms with Crippen LogP contribution in [-0.2, 0) is 0 Å². The summed E-state index contributed by atoms with van der Waals surface area (Å²) in [5.41, 5.74) is 7.61. The molecule has 2 N–H and O–H groups in total. The maximum Gasteiger partial charge on any atom is 0.182 e. The molecule has 0 saturated heterocycles. The van der Waals surface area contributed by atoms with Gasteiger partial charge in [-0.2, -0.15) is 0 Å². The van der Waals surface area contributed by atoms with Crippen molar-refractivity contribution in [2.24, 2.45) is 5.73 Å². The molecule has 0 unspecified atom stereocenters. The first kappa shape index (κ1) is 12.5. The highest BCUT2D eigenvalue weighted by molar-refractivity contribution is 6.04. The molecule has 3 heteroatoms. The summed E-state index contributed by atoms with van der Waals surface area (Å²) in [7, 11) is 5.74. The lowest BCUT2D eigenvalue weighted by atomic mass is 10.1. The second kappa shape index (κ2) is 6.93. The molecule has 0 aliphatic carbocycles. The van der Waals surface area contributed by atoms with Crippen LogP contribution in [0.5, 0.6) is 0 Å². The molecule has 0 amide bonds. The van der Waals surface area contributed by atoms with E-state index in [2.05, 4.69) is 13.2 Å². The first-order valence-corrected chi connectivity index (χ1v) is 4.57. The van der Waals surface area contributed by atoms with Gasteiger partial charge < -0.3 is 10.5 Å². The maximum atomic E-state index is 5.74. The third kappa shape index (κ3) is 7.81. The van der Waals surface area contributed by atoms with Crippen LogP contribution in [0.15, 0.2) is 24.3 Å². The van der Waals surface area contributed by atoms with Gasteiger partial charge in [0.25, 0.3) is 0 Å². The Morgan fingerprint density at radius 3 is 2.31 bits per heavy atom. The Bertz CT molecular complexity index is 178. The molecular weight excluding hydrogens is 159 g/mol. The zero-order chi connectivity index (χ0) is 10.3. The van der Waals surface area contributed by atoms with Crippen molar-refractivity contribution in [3.8, 4) is 0 Å². The largest absolute Gasteiger partial charge is 0.353 e. The van der Waals surface area contributed by atoms with Gasteiger partial charge in [0, 0.05) is 6.54 Å². The third-order valence-electron chi connectivity index (χ3n) is 1.87. The van der Waals surface area contributed by atoms with E-state index < -0.39 is 0 Å². The van der Waals surface area contributed by atoms with E-state index in [0.717, 1.165) is 37.1 Å². The summed E-state index contributed by atoms with van der Waals surface area (Å²) in [5.74, 6) is 0. The van der Waals surface area contributed by atoms with E-state index in [0.29, 0.717) is 6.54 Å². The molecule has 0 fully saturated rings. The van der Waals surface area contributed by atoms with E-state index in [1.807, 2.05) is 6.92 Å². The highest BCUT2D eigenvalue weighted by atomic mass is 15.0. The summed E-state index contributed by atoms with van der Waals surface area (Å²) in [6.45, 7) is 11.9. The van der Waals surface area contributed by atoms with Crippen LogP contribution < -0.4 is 5.73 Å². The highest BCUT2D eigenvalue weighted by Gasteiger charge is 1.98. The molecule has 0 heterocycles. The van der Waals surface area contributed by atoms with Crippen molar-refractivity contribution in [2.45, 2.75) is 19.8 Å². The lowest BCUT2D eigenvalue weighted by Gasteiger charge is -2.17. The van der Waals surface area contributed by atoms with Crippen molar-refractivity contribution in [1.82, 2.24) is 4.81 Å². The van der Waals surface area contributed by atoms with Crippen LogP contribution in [0.2, 0.25) is 0 Å². The first-order valence-electron chi connectivity index (χ1n) is 4.57. The topological polar surface area (TPSA) is 29.3 Å². The van der Waals surface area contributed by atoms with E-state index in [-0.39, 0.29) is 0 Å². The molecule has 72 valence electrons. The summed E-state index contributed by atoms with van der Waals surface area (Å²) in [6.07, 6.45) is 1.83. The van der Waals surface area contributed by atoms with E-state index in [1.54, 1.807) is 4.81 Å². The molecule has 2 nitrogen and oxygen atoms in total. The van der Waals surface area contributed by atoms with Crippen molar-refractivity contribution in [3.63, 3.8) is 0 Å². The molecule has 0 bridgehead atoms. The minimum Gasteiger partial charge on any atom is -0.353 e. The Kier molecular flexibility index (Phi) is 6.64. The Morgan fingerprint density at radius 1 is 1.31 bits per heavy atom. The minimum absolute atomic E-state index is 0.550. The molecule has 0 aromatic rings. The van der Waals surface area contributed by atoms with Gasteiger partial charge >= 0.3 is 0 Å². The molecule has 0 rings (SSSR count). The molecule has 0 aliphatic heterocycles. The minimum atomic E-state index is 0.550.